The molecule has 0 atom stereocenters. The van der Waals surface area contributed by atoms with Crippen LogP contribution in [0.25, 0.3) is 11.6 Å². The molecule has 0 amide bonds. The molecular formula is C22H17ClN2O2S. The van der Waals surface area contributed by atoms with Crippen LogP contribution < -0.4 is 5.32 Å². The second-order valence-corrected chi connectivity index (χ2v) is 8.55. The van der Waals surface area contributed by atoms with E-state index >= 15 is 0 Å². The van der Waals surface area contributed by atoms with E-state index in [-0.39, 0.29) is 4.90 Å². The van der Waals surface area contributed by atoms with E-state index in [4.69, 9.17) is 11.6 Å². The summed E-state index contributed by atoms with van der Waals surface area (Å²) in [5.74, 6) is 0.303. The summed E-state index contributed by atoms with van der Waals surface area (Å²) in [7, 11) is -3.85. The highest BCUT2D eigenvalue weighted by molar-refractivity contribution is 7.90. The van der Waals surface area contributed by atoms with Crippen molar-refractivity contribution in [2.45, 2.75) is 11.8 Å². The molecule has 1 heterocycles. The first kappa shape index (κ1) is 18.5. The Morgan fingerprint density at radius 1 is 0.929 bits per heavy atom. The maximum Gasteiger partial charge on any atom is 0.284 e. The zero-order valence-corrected chi connectivity index (χ0v) is 16.6. The highest BCUT2D eigenvalue weighted by Gasteiger charge is 2.25. The number of nitrogens with zero attached hydrogens (tertiary/aromatic N) is 1. The van der Waals surface area contributed by atoms with Crippen LogP contribution in [-0.4, -0.2) is 14.3 Å². The number of halogens is 1. The molecule has 0 fully saturated rings. The number of rotatable bonds is 3. The molecule has 0 saturated carbocycles. The summed E-state index contributed by atoms with van der Waals surface area (Å²) in [4.78, 5) is 0.161. The van der Waals surface area contributed by atoms with Crippen LogP contribution in [0.5, 0.6) is 0 Å². The minimum atomic E-state index is -3.85. The average Bonchev–Trinajstić information content (AvgIpc) is 3.00. The van der Waals surface area contributed by atoms with Crippen LogP contribution in [0.15, 0.2) is 82.1 Å². The third-order valence-corrected chi connectivity index (χ3v) is 5.98. The molecule has 0 unspecified atom stereocenters. The zero-order chi connectivity index (χ0) is 19.7. The van der Waals surface area contributed by atoms with Gasteiger partial charge >= 0.3 is 0 Å². The Hall–Kier alpha value is -2.89. The molecule has 4 rings (SSSR count). The van der Waals surface area contributed by atoms with Crippen molar-refractivity contribution in [2.24, 2.45) is 4.40 Å². The van der Waals surface area contributed by atoms with Gasteiger partial charge in [-0.05, 0) is 48.9 Å². The highest BCUT2D eigenvalue weighted by Crippen LogP contribution is 2.34. The summed E-state index contributed by atoms with van der Waals surface area (Å²) in [6, 6.07) is 21.6. The highest BCUT2D eigenvalue weighted by atomic mass is 35.5. The first-order chi connectivity index (χ1) is 13.4. The van der Waals surface area contributed by atoms with Crippen molar-refractivity contribution in [3.05, 3.63) is 94.5 Å². The molecular weight excluding hydrogens is 392 g/mol. The summed E-state index contributed by atoms with van der Waals surface area (Å²) in [6.07, 6.45) is 1.90. The molecule has 6 heteroatoms. The van der Waals surface area contributed by atoms with E-state index in [0.717, 1.165) is 22.4 Å². The summed E-state index contributed by atoms with van der Waals surface area (Å²) >= 11 is 5.97. The van der Waals surface area contributed by atoms with Crippen molar-refractivity contribution >= 4 is 44.8 Å². The molecule has 140 valence electrons. The molecule has 0 aliphatic carbocycles. The minimum Gasteiger partial charge on any atom is -0.339 e. The maximum atomic E-state index is 12.8. The lowest BCUT2D eigenvalue weighted by Crippen LogP contribution is -2.10. The van der Waals surface area contributed by atoms with Crippen molar-refractivity contribution < 1.29 is 8.42 Å². The van der Waals surface area contributed by atoms with Gasteiger partial charge in [0.15, 0.2) is 5.84 Å². The second kappa shape index (κ2) is 7.26. The van der Waals surface area contributed by atoms with E-state index in [1.807, 2.05) is 49.4 Å². The van der Waals surface area contributed by atoms with Crippen molar-refractivity contribution in [1.29, 1.82) is 0 Å². The molecule has 0 saturated heterocycles. The van der Waals surface area contributed by atoms with E-state index in [0.29, 0.717) is 16.4 Å². The van der Waals surface area contributed by atoms with Gasteiger partial charge in [0.1, 0.15) is 0 Å². The Morgan fingerprint density at radius 2 is 1.61 bits per heavy atom. The number of nitrogens with one attached hydrogen (secondary N) is 1. The number of sulfonamides is 1. The molecule has 1 aliphatic heterocycles. The number of anilines is 1. The number of amidine groups is 1. The van der Waals surface area contributed by atoms with E-state index < -0.39 is 10.0 Å². The molecule has 0 radical (unpaired) electrons. The lowest BCUT2D eigenvalue weighted by molar-refractivity contribution is 0.598. The summed E-state index contributed by atoms with van der Waals surface area (Å²) in [5, 5.41) is 3.77. The predicted octanol–water partition coefficient (Wildman–Crippen LogP) is 5.40. The smallest absolute Gasteiger partial charge is 0.284 e. The number of hydrogen-bond donors (Lipinski definition) is 1. The van der Waals surface area contributed by atoms with Gasteiger partial charge < -0.3 is 5.32 Å². The van der Waals surface area contributed by atoms with Gasteiger partial charge in [0.05, 0.1) is 4.90 Å². The van der Waals surface area contributed by atoms with Gasteiger partial charge in [0.25, 0.3) is 10.0 Å². The number of fused-ring (bicyclic) bond motifs is 1. The second-order valence-electron chi connectivity index (χ2n) is 6.51. The van der Waals surface area contributed by atoms with E-state index in [9.17, 15) is 8.42 Å². The lowest BCUT2D eigenvalue weighted by atomic mass is 10.0. The van der Waals surface area contributed by atoms with Crippen LogP contribution in [0.3, 0.4) is 0 Å². The molecule has 0 spiro atoms. The molecule has 4 nitrogen and oxygen atoms in total. The SMILES string of the molecule is Cc1ccc(S(=O)(=O)/N=C2\Nc3ccccc3\C2=C\c2ccc(Cl)cc2)cc1. The van der Waals surface area contributed by atoms with Crippen LogP contribution in [0.2, 0.25) is 5.02 Å². The first-order valence-electron chi connectivity index (χ1n) is 8.68. The summed E-state index contributed by atoms with van der Waals surface area (Å²) < 4.78 is 29.7. The Morgan fingerprint density at radius 3 is 2.32 bits per heavy atom. The number of hydrogen-bond acceptors (Lipinski definition) is 2. The van der Waals surface area contributed by atoms with Crippen LogP contribution in [0.1, 0.15) is 16.7 Å². The maximum absolute atomic E-state index is 12.8. The molecule has 3 aromatic rings. The molecule has 3 aromatic carbocycles. The minimum absolute atomic E-state index is 0.161. The molecule has 1 aliphatic rings. The van der Waals surface area contributed by atoms with Crippen LogP contribution in [0, 0.1) is 6.92 Å². The number of aryl methyl sites for hydroxylation is 1. The van der Waals surface area contributed by atoms with Crippen molar-refractivity contribution in [3.8, 4) is 0 Å². The normalized spacial score (nSPS) is 16.2. The Balaban J connectivity index is 1.82. The summed E-state index contributed by atoms with van der Waals surface area (Å²) in [5.41, 5.74) is 4.32. The van der Waals surface area contributed by atoms with E-state index in [1.165, 1.54) is 0 Å². The van der Waals surface area contributed by atoms with E-state index in [1.54, 1.807) is 36.4 Å². The van der Waals surface area contributed by atoms with Crippen molar-refractivity contribution in [2.75, 3.05) is 5.32 Å². The largest absolute Gasteiger partial charge is 0.339 e. The summed E-state index contributed by atoms with van der Waals surface area (Å²) in [6.45, 7) is 1.91. The molecule has 1 N–H and O–H groups in total. The van der Waals surface area contributed by atoms with Crippen molar-refractivity contribution in [3.63, 3.8) is 0 Å². The van der Waals surface area contributed by atoms with E-state index in [2.05, 4.69) is 9.71 Å². The third kappa shape index (κ3) is 3.72. The van der Waals surface area contributed by atoms with Gasteiger partial charge in [-0.2, -0.15) is 8.42 Å². The standard InChI is InChI=1S/C22H17ClN2O2S/c1-15-6-12-18(13-7-15)28(26,27)25-22-20(14-16-8-10-17(23)11-9-16)19-4-2-3-5-21(19)24-22/h2-14H,1H3,(H,24,25)/b20-14-. The number of benzene rings is 3. The third-order valence-electron chi connectivity index (χ3n) is 4.44. The topological polar surface area (TPSA) is 58.5 Å². The van der Waals surface area contributed by atoms with Gasteiger partial charge in [-0.1, -0.05) is 59.6 Å². The van der Waals surface area contributed by atoms with Crippen molar-refractivity contribution in [1.82, 2.24) is 0 Å². The van der Waals surface area contributed by atoms with Crippen LogP contribution in [-0.2, 0) is 10.0 Å². The van der Waals surface area contributed by atoms with Crippen LogP contribution >= 0.6 is 11.6 Å². The van der Waals surface area contributed by atoms with Crippen LogP contribution in [0.4, 0.5) is 5.69 Å². The predicted molar refractivity (Wildman–Crippen MR) is 115 cm³/mol. The van der Waals surface area contributed by atoms with Gasteiger partial charge in [-0.3, -0.25) is 0 Å². The van der Waals surface area contributed by atoms with Gasteiger partial charge in [0.2, 0.25) is 0 Å². The molecule has 0 bridgehead atoms. The molecule has 0 aromatic heterocycles. The zero-order valence-electron chi connectivity index (χ0n) is 15.1. The fraction of sp³-hybridized carbons (Fsp3) is 0.0455. The monoisotopic (exact) mass is 408 g/mol. The Labute approximate surface area is 169 Å². The van der Waals surface area contributed by atoms with Gasteiger partial charge in [0, 0.05) is 21.8 Å². The number of para-hydroxylation sites is 1. The molecule has 28 heavy (non-hydrogen) atoms. The fourth-order valence-electron chi connectivity index (χ4n) is 2.98. The average molecular weight is 409 g/mol. The quantitative estimate of drug-likeness (QED) is 0.631. The Bertz CT molecular complexity index is 1200. The lowest BCUT2D eigenvalue weighted by Gasteiger charge is -2.04. The van der Waals surface area contributed by atoms with Gasteiger partial charge in [-0.25, -0.2) is 0 Å². The van der Waals surface area contributed by atoms with Gasteiger partial charge in [-0.15, -0.1) is 4.40 Å². The first-order valence-corrected chi connectivity index (χ1v) is 10.5. The fourth-order valence-corrected chi connectivity index (χ4v) is 4.07. The Kier molecular flexibility index (Phi) is 4.79.